The van der Waals surface area contributed by atoms with Gasteiger partial charge in [-0.2, -0.15) is 5.10 Å². The first-order valence-corrected chi connectivity index (χ1v) is 11.9. The molecule has 2 aromatic carbocycles. The molecule has 8 nitrogen and oxygen atoms in total. The Morgan fingerprint density at radius 2 is 1.79 bits per heavy atom. The van der Waals surface area contributed by atoms with Gasteiger partial charge in [-0.3, -0.25) is 14.9 Å². The minimum atomic E-state index is -0.516. The van der Waals surface area contributed by atoms with E-state index in [1.165, 1.54) is 18.2 Å². The normalized spacial score (nSPS) is 11.5. The second-order valence-corrected chi connectivity index (χ2v) is 9.21. The number of aromatic amines is 2. The molecule has 0 saturated heterocycles. The Hall–Kier alpha value is -4.99. The molecule has 1 amide bonds. The Labute approximate surface area is 215 Å². The molecule has 0 aliphatic heterocycles. The maximum atomic E-state index is 15.2. The lowest BCUT2D eigenvalue weighted by molar-refractivity contribution is -0.118. The smallest absolute Gasteiger partial charge is 0.226 e. The molecule has 0 radical (unpaired) electrons. The number of imidazole rings is 1. The van der Waals surface area contributed by atoms with Gasteiger partial charge in [-0.1, -0.05) is 26.0 Å². The van der Waals surface area contributed by atoms with Crippen LogP contribution in [0.15, 0.2) is 67.1 Å². The number of fused-ring (bicyclic) bond motifs is 2. The average Bonchev–Trinajstić information content (AvgIpc) is 3.53. The summed E-state index contributed by atoms with van der Waals surface area (Å²) in [4.78, 5) is 28.6. The van der Waals surface area contributed by atoms with Crippen LogP contribution in [0.2, 0.25) is 0 Å². The molecule has 0 aliphatic rings. The van der Waals surface area contributed by atoms with E-state index in [1.807, 2.05) is 6.07 Å². The van der Waals surface area contributed by atoms with Crippen molar-refractivity contribution in [2.24, 2.45) is 5.92 Å². The first kappa shape index (κ1) is 23.4. The van der Waals surface area contributed by atoms with E-state index in [4.69, 9.17) is 0 Å². The predicted octanol–water partition coefficient (Wildman–Crippen LogP) is 6.10. The molecule has 3 N–H and O–H groups in total. The van der Waals surface area contributed by atoms with Gasteiger partial charge in [0.05, 0.1) is 17.4 Å². The molecule has 0 spiro atoms. The van der Waals surface area contributed by atoms with Crippen LogP contribution < -0.4 is 5.32 Å². The Balaban J connectivity index is 1.44. The third-order valence-corrected chi connectivity index (χ3v) is 6.26. The second-order valence-electron chi connectivity index (χ2n) is 9.21. The number of rotatable bonds is 5. The fourth-order valence-corrected chi connectivity index (χ4v) is 4.27. The zero-order valence-electron chi connectivity index (χ0n) is 20.4. The van der Waals surface area contributed by atoms with Crippen molar-refractivity contribution in [3.63, 3.8) is 0 Å². The van der Waals surface area contributed by atoms with Crippen molar-refractivity contribution in [1.29, 1.82) is 0 Å². The molecule has 188 valence electrons. The number of hydrogen-bond donors (Lipinski definition) is 3. The van der Waals surface area contributed by atoms with Gasteiger partial charge in [-0.25, -0.2) is 18.7 Å². The lowest BCUT2D eigenvalue weighted by atomic mass is 10.0. The minimum absolute atomic E-state index is 0.138. The summed E-state index contributed by atoms with van der Waals surface area (Å²) >= 11 is 0. The molecule has 0 unspecified atom stereocenters. The molecule has 0 aliphatic carbocycles. The highest BCUT2D eigenvalue weighted by Gasteiger charge is 2.19. The molecule has 38 heavy (non-hydrogen) atoms. The second kappa shape index (κ2) is 9.15. The van der Waals surface area contributed by atoms with Gasteiger partial charge in [-0.05, 0) is 47.5 Å². The van der Waals surface area contributed by atoms with Crippen molar-refractivity contribution in [2.75, 3.05) is 5.32 Å². The van der Waals surface area contributed by atoms with Crippen LogP contribution in [-0.2, 0) is 4.79 Å². The van der Waals surface area contributed by atoms with Crippen molar-refractivity contribution in [2.45, 2.75) is 13.8 Å². The van der Waals surface area contributed by atoms with Crippen molar-refractivity contribution < 1.29 is 13.6 Å². The van der Waals surface area contributed by atoms with Gasteiger partial charge in [0.15, 0.2) is 17.3 Å². The van der Waals surface area contributed by atoms with Gasteiger partial charge in [0, 0.05) is 34.8 Å². The summed E-state index contributed by atoms with van der Waals surface area (Å²) in [6.45, 7) is 3.60. The topological polar surface area (TPSA) is 112 Å². The van der Waals surface area contributed by atoms with Gasteiger partial charge in [-0.15, -0.1) is 0 Å². The minimum Gasteiger partial charge on any atom is -0.335 e. The zero-order chi connectivity index (χ0) is 26.4. The number of hydrogen-bond acceptors (Lipinski definition) is 5. The van der Waals surface area contributed by atoms with Crippen LogP contribution in [0.25, 0.3) is 55.8 Å². The number of nitrogens with one attached hydrogen (secondary N) is 3. The number of pyridine rings is 2. The molecular formula is C28H21F2N7O. The van der Waals surface area contributed by atoms with Crippen molar-refractivity contribution in [1.82, 2.24) is 30.1 Å². The summed E-state index contributed by atoms with van der Waals surface area (Å²) < 4.78 is 28.6. The SMILES string of the molecule is CC(C)C(=O)Nc1cncc(-c2cc(F)c3n[nH]c(-c4nc5nccc(-c6ccc(F)cc6)c5[nH]4)c3c2)c1. The van der Waals surface area contributed by atoms with Gasteiger partial charge in [0.1, 0.15) is 17.0 Å². The summed E-state index contributed by atoms with van der Waals surface area (Å²) in [6.07, 6.45) is 4.78. The van der Waals surface area contributed by atoms with Gasteiger partial charge >= 0.3 is 0 Å². The number of carbonyl (C=O) groups excluding carboxylic acids is 1. The van der Waals surface area contributed by atoms with Crippen LogP contribution >= 0.6 is 0 Å². The molecule has 0 saturated carbocycles. The van der Waals surface area contributed by atoms with Gasteiger partial charge in [0.2, 0.25) is 5.91 Å². The molecule has 4 heterocycles. The number of halogens is 2. The van der Waals surface area contributed by atoms with Crippen LogP contribution in [0.1, 0.15) is 13.8 Å². The molecular weight excluding hydrogens is 488 g/mol. The molecule has 6 rings (SSSR count). The van der Waals surface area contributed by atoms with Crippen LogP contribution in [0, 0.1) is 17.6 Å². The Morgan fingerprint density at radius 1 is 0.974 bits per heavy atom. The predicted molar refractivity (Wildman–Crippen MR) is 141 cm³/mol. The fraction of sp³-hybridized carbons (Fsp3) is 0.107. The van der Waals surface area contributed by atoms with Crippen LogP contribution in [0.4, 0.5) is 14.5 Å². The number of nitrogens with zero attached hydrogens (tertiary/aromatic N) is 4. The maximum Gasteiger partial charge on any atom is 0.226 e. The van der Waals surface area contributed by atoms with E-state index in [0.29, 0.717) is 44.9 Å². The van der Waals surface area contributed by atoms with Gasteiger partial charge in [0.25, 0.3) is 0 Å². The molecule has 0 fully saturated rings. The maximum absolute atomic E-state index is 15.2. The monoisotopic (exact) mass is 509 g/mol. The van der Waals surface area contributed by atoms with Crippen molar-refractivity contribution >= 4 is 33.7 Å². The molecule has 6 aromatic rings. The largest absolute Gasteiger partial charge is 0.335 e. The molecule has 0 atom stereocenters. The van der Waals surface area contributed by atoms with E-state index >= 15 is 4.39 Å². The Bertz CT molecular complexity index is 1820. The Morgan fingerprint density at radius 3 is 2.58 bits per heavy atom. The fourth-order valence-electron chi connectivity index (χ4n) is 4.27. The summed E-state index contributed by atoms with van der Waals surface area (Å²) in [5.74, 6) is -0.742. The standard InChI is InChI=1S/C28H21F2N7O/c1-14(2)28(38)33-19-9-17(12-31-13-19)16-10-21-23(22(30)11-16)36-37-25(21)27-34-24-20(7-8-32-26(24)35-27)15-3-5-18(29)6-4-15/h3-14H,1-2H3,(H,33,38)(H,36,37)(H,32,34,35). The molecule has 10 heteroatoms. The summed E-state index contributed by atoms with van der Waals surface area (Å²) in [6, 6.07) is 12.9. The lowest BCUT2D eigenvalue weighted by Gasteiger charge is -2.09. The van der Waals surface area contributed by atoms with Crippen LogP contribution in [-0.4, -0.2) is 36.0 Å². The summed E-state index contributed by atoms with van der Waals surface area (Å²) in [5, 5.41) is 10.4. The first-order valence-electron chi connectivity index (χ1n) is 11.9. The van der Waals surface area contributed by atoms with E-state index in [-0.39, 0.29) is 23.2 Å². The summed E-state index contributed by atoms with van der Waals surface area (Å²) in [7, 11) is 0. The molecule has 4 aromatic heterocycles. The van der Waals surface area contributed by atoms with Crippen molar-refractivity contribution in [3.8, 4) is 33.8 Å². The van der Waals surface area contributed by atoms with Crippen LogP contribution in [0.5, 0.6) is 0 Å². The highest BCUT2D eigenvalue weighted by Crippen LogP contribution is 2.34. The zero-order valence-corrected chi connectivity index (χ0v) is 20.4. The highest BCUT2D eigenvalue weighted by molar-refractivity contribution is 5.98. The van der Waals surface area contributed by atoms with E-state index in [0.717, 1.165) is 11.1 Å². The van der Waals surface area contributed by atoms with E-state index < -0.39 is 5.82 Å². The lowest BCUT2D eigenvalue weighted by Crippen LogP contribution is -2.17. The quantitative estimate of drug-likeness (QED) is 0.260. The number of H-pyrrole nitrogens is 2. The third kappa shape index (κ3) is 4.15. The van der Waals surface area contributed by atoms with Gasteiger partial charge < -0.3 is 10.3 Å². The van der Waals surface area contributed by atoms with E-state index in [9.17, 15) is 9.18 Å². The Kier molecular flexibility index (Phi) is 5.64. The number of carbonyl (C=O) groups is 1. The molecule has 0 bridgehead atoms. The highest BCUT2D eigenvalue weighted by atomic mass is 19.1. The van der Waals surface area contributed by atoms with E-state index in [1.54, 1.807) is 56.7 Å². The number of benzene rings is 2. The number of anilines is 1. The van der Waals surface area contributed by atoms with Crippen molar-refractivity contribution in [3.05, 3.63) is 78.8 Å². The third-order valence-electron chi connectivity index (χ3n) is 6.26. The average molecular weight is 510 g/mol. The number of amides is 1. The van der Waals surface area contributed by atoms with E-state index in [2.05, 4.69) is 35.5 Å². The summed E-state index contributed by atoms with van der Waals surface area (Å²) in [5.41, 5.74) is 5.08. The number of aromatic nitrogens is 6. The first-order chi connectivity index (χ1) is 18.4. The van der Waals surface area contributed by atoms with Crippen LogP contribution in [0.3, 0.4) is 0 Å².